The number of anilines is 3. The number of nitrogens with zero attached hydrogens (tertiary/aromatic N) is 2. The molecule has 0 saturated heterocycles. The molecule has 0 bridgehead atoms. The maximum absolute atomic E-state index is 5.84. The lowest BCUT2D eigenvalue weighted by Gasteiger charge is -2.09. The van der Waals surface area contributed by atoms with Gasteiger partial charge >= 0.3 is 0 Å². The standard InChI is InChI=1S/C13H16ClN5/c1-9-8-12(16-7-6-15)19-13(17-9)18-11-4-2-10(14)3-5-11/h2-5,8H,6-7,15H2,1H3,(H2,16,17,18,19). The van der Waals surface area contributed by atoms with E-state index in [1.165, 1.54) is 0 Å². The van der Waals surface area contributed by atoms with Crippen molar-refractivity contribution in [3.05, 3.63) is 41.0 Å². The average molecular weight is 278 g/mol. The molecular formula is C13H16ClN5. The van der Waals surface area contributed by atoms with Gasteiger partial charge in [-0.1, -0.05) is 11.6 Å². The number of nitrogens with two attached hydrogens (primary N) is 1. The van der Waals surface area contributed by atoms with Crippen LogP contribution in [0.4, 0.5) is 17.5 Å². The number of nitrogens with one attached hydrogen (secondary N) is 2. The molecule has 19 heavy (non-hydrogen) atoms. The summed E-state index contributed by atoms with van der Waals surface area (Å²) >= 11 is 5.84. The monoisotopic (exact) mass is 277 g/mol. The van der Waals surface area contributed by atoms with Gasteiger partial charge in [0.05, 0.1) is 0 Å². The Balaban J connectivity index is 2.15. The smallest absolute Gasteiger partial charge is 0.229 e. The van der Waals surface area contributed by atoms with Crippen molar-refractivity contribution in [2.75, 3.05) is 23.7 Å². The van der Waals surface area contributed by atoms with E-state index >= 15 is 0 Å². The summed E-state index contributed by atoms with van der Waals surface area (Å²) in [5.41, 5.74) is 7.23. The van der Waals surface area contributed by atoms with Gasteiger partial charge in [-0.25, -0.2) is 4.98 Å². The molecule has 100 valence electrons. The van der Waals surface area contributed by atoms with E-state index in [-0.39, 0.29) is 0 Å². The second-order valence-electron chi connectivity index (χ2n) is 4.07. The largest absolute Gasteiger partial charge is 0.369 e. The van der Waals surface area contributed by atoms with E-state index in [0.717, 1.165) is 17.2 Å². The second-order valence-corrected chi connectivity index (χ2v) is 4.50. The average Bonchev–Trinajstić information content (AvgIpc) is 2.38. The molecule has 0 atom stereocenters. The molecule has 0 unspecified atom stereocenters. The molecule has 0 aliphatic heterocycles. The van der Waals surface area contributed by atoms with E-state index < -0.39 is 0 Å². The Labute approximate surface area is 117 Å². The molecule has 0 fully saturated rings. The molecule has 1 aromatic heterocycles. The summed E-state index contributed by atoms with van der Waals surface area (Å²) in [4.78, 5) is 8.70. The molecular weight excluding hydrogens is 262 g/mol. The van der Waals surface area contributed by atoms with Gasteiger partial charge in [0.25, 0.3) is 0 Å². The van der Waals surface area contributed by atoms with Gasteiger partial charge in [0.2, 0.25) is 5.95 Å². The predicted molar refractivity (Wildman–Crippen MR) is 79.0 cm³/mol. The van der Waals surface area contributed by atoms with Gasteiger partial charge in [0.15, 0.2) is 0 Å². The van der Waals surface area contributed by atoms with Crippen LogP contribution in [0.15, 0.2) is 30.3 Å². The van der Waals surface area contributed by atoms with Crippen LogP contribution in [0.2, 0.25) is 5.02 Å². The first kappa shape index (κ1) is 13.6. The van der Waals surface area contributed by atoms with E-state index in [1.54, 1.807) is 0 Å². The minimum atomic E-state index is 0.543. The van der Waals surface area contributed by atoms with Crippen molar-refractivity contribution in [2.45, 2.75) is 6.92 Å². The fraction of sp³-hybridized carbons (Fsp3) is 0.231. The first-order chi connectivity index (χ1) is 9.17. The van der Waals surface area contributed by atoms with Gasteiger partial charge in [-0.3, -0.25) is 0 Å². The molecule has 4 N–H and O–H groups in total. The molecule has 2 rings (SSSR count). The van der Waals surface area contributed by atoms with Crippen molar-refractivity contribution in [2.24, 2.45) is 5.73 Å². The van der Waals surface area contributed by atoms with Crippen molar-refractivity contribution < 1.29 is 0 Å². The Kier molecular flexibility index (Phi) is 4.54. The molecule has 0 spiro atoms. The summed E-state index contributed by atoms with van der Waals surface area (Å²) in [5.74, 6) is 1.30. The number of rotatable bonds is 5. The van der Waals surface area contributed by atoms with Gasteiger partial charge < -0.3 is 16.4 Å². The van der Waals surface area contributed by atoms with Crippen molar-refractivity contribution in [3.8, 4) is 0 Å². The van der Waals surface area contributed by atoms with Gasteiger partial charge in [-0.2, -0.15) is 4.98 Å². The van der Waals surface area contributed by atoms with Crippen molar-refractivity contribution in [1.82, 2.24) is 9.97 Å². The minimum absolute atomic E-state index is 0.543. The minimum Gasteiger partial charge on any atom is -0.369 e. The summed E-state index contributed by atoms with van der Waals surface area (Å²) < 4.78 is 0. The molecule has 0 saturated carbocycles. The van der Waals surface area contributed by atoms with E-state index in [4.69, 9.17) is 17.3 Å². The molecule has 0 aliphatic carbocycles. The summed E-state index contributed by atoms with van der Waals surface area (Å²) in [7, 11) is 0. The molecule has 1 aromatic carbocycles. The molecule has 2 aromatic rings. The molecule has 5 nitrogen and oxygen atoms in total. The Hall–Kier alpha value is -1.85. The van der Waals surface area contributed by atoms with Crippen molar-refractivity contribution >= 4 is 29.1 Å². The highest BCUT2D eigenvalue weighted by Crippen LogP contribution is 2.18. The highest BCUT2D eigenvalue weighted by atomic mass is 35.5. The van der Waals surface area contributed by atoms with Crippen LogP contribution in [0.5, 0.6) is 0 Å². The lowest BCUT2D eigenvalue weighted by atomic mass is 10.3. The van der Waals surface area contributed by atoms with Crippen LogP contribution in [-0.4, -0.2) is 23.1 Å². The summed E-state index contributed by atoms with van der Waals surface area (Å²) in [6.07, 6.45) is 0. The van der Waals surface area contributed by atoms with Crippen LogP contribution in [0.3, 0.4) is 0 Å². The fourth-order valence-corrected chi connectivity index (χ4v) is 1.70. The van der Waals surface area contributed by atoms with E-state index in [0.29, 0.717) is 24.1 Å². The highest BCUT2D eigenvalue weighted by Gasteiger charge is 2.02. The van der Waals surface area contributed by atoms with Crippen molar-refractivity contribution in [1.29, 1.82) is 0 Å². The third-order valence-corrected chi connectivity index (χ3v) is 2.66. The molecule has 0 amide bonds. The zero-order chi connectivity index (χ0) is 13.7. The fourth-order valence-electron chi connectivity index (χ4n) is 1.58. The Morgan fingerprint density at radius 1 is 1.21 bits per heavy atom. The highest BCUT2D eigenvalue weighted by molar-refractivity contribution is 6.30. The Morgan fingerprint density at radius 2 is 1.95 bits per heavy atom. The quantitative estimate of drug-likeness (QED) is 0.783. The third-order valence-electron chi connectivity index (χ3n) is 2.41. The van der Waals surface area contributed by atoms with Crippen LogP contribution < -0.4 is 16.4 Å². The predicted octanol–water partition coefficient (Wildman–Crippen LogP) is 2.55. The number of hydrogen-bond acceptors (Lipinski definition) is 5. The normalized spacial score (nSPS) is 10.3. The molecule has 0 aliphatic rings. The zero-order valence-corrected chi connectivity index (χ0v) is 11.4. The van der Waals surface area contributed by atoms with Gasteiger partial charge in [-0.05, 0) is 31.2 Å². The Bertz CT molecular complexity index is 541. The van der Waals surface area contributed by atoms with Crippen LogP contribution in [0.25, 0.3) is 0 Å². The first-order valence-electron chi connectivity index (χ1n) is 5.99. The maximum atomic E-state index is 5.84. The zero-order valence-electron chi connectivity index (χ0n) is 10.7. The van der Waals surface area contributed by atoms with E-state index in [9.17, 15) is 0 Å². The van der Waals surface area contributed by atoms with Crippen LogP contribution >= 0.6 is 11.6 Å². The van der Waals surface area contributed by atoms with Crippen molar-refractivity contribution in [3.63, 3.8) is 0 Å². The number of aromatic nitrogens is 2. The van der Waals surface area contributed by atoms with Crippen LogP contribution in [-0.2, 0) is 0 Å². The second kappa shape index (κ2) is 6.36. The summed E-state index contributed by atoms with van der Waals surface area (Å²) in [6, 6.07) is 9.26. The Morgan fingerprint density at radius 3 is 2.63 bits per heavy atom. The van der Waals surface area contributed by atoms with E-state index in [2.05, 4.69) is 20.6 Å². The molecule has 6 heteroatoms. The number of benzene rings is 1. The maximum Gasteiger partial charge on any atom is 0.229 e. The number of aryl methyl sites for hydroxylation is 1. The van der Waals surface area contributed by atoms with Gasteiger partial charge in [-0.15, -0.1) is 0 Å². The topological polar surface area (TPSA) is 75.9 Å². The lowest BCUT2D eigenvalue weighted by Crippen LogP contribution is -2.14. The van der Waals surface area contributed by atoms with Crippen LogP contribution in [0, 0.1) is 6.92 Å². The SMILES string of the molecule is Cc1cc(NCCN)nc(Nc2ccc(Cl)cc2)n1. The summed E-state index contributed by atoms with van der Waals surface area (Å²) in [6.45, 7) is 3.15. The number of hydrogen-bond donors (Lipinski definition) is 3. The lowest BCUT2D eigenvalue weighted by molar-refractivity contribution is 0.999. The number of halogens is 1. The van der Waals surface area contributed by atoms with Gasteiger partial charge in [0, 0.05) is 35.6 Å². The first-order valence-corrected chi connectivity index (χ1v) is 6.37. The summed E-state index contributed by atoms with van der Waals surface area (Å²) in [5, 5.41) is 6.97. The molecule has 1 heterocycles. The van der Waals surface area contributed by atoms with Crippen LogP contribution in [0.1, 0.15) is 5.69 Å². The van der Waals surface area contributed by atoms with Gasteiger partial charge in [0.1, 0.15) is 5.82 Å². The molecule has 0 radical (unpaired) electrons. The van der Waals surface area contributed by atoms with E-state index in [1.807, 2.05) is 37.3 Å². The third kappa shape index (κ3) is 4.08.